The molecule has 0 N–H and O–H groups in total. The molecule has 2 heteroatoms. The Morgan fingerprint density at radius 3 is 2.71 bits per heavy atom. The zero-order chi connectivity index (χ0) is 12.3. The summed E-state index contributed by atoms with van der Waals surface area (Å²) < 4.78 is 0. The molecule has 1 saturated heterocycles. The van der Waals surface area contributed by atoms with Crippen molar-refractivity contribution >= 4 is 5.91 Å². The number of likely N-dealkylation sites (tertiary alicyclic amines) is 1. The van der Waals surface area contributed by atoms with E-state index < -0.39 is 0 Å². The zero-order valence-corrected chi connectivity index (χ0v) is 10.8. The number of benzene rings is 1. The van der Waals surface area contributed by atoms with Crippen molar-refractivity contribution in [2.24, 2.45) is 5.92 Å². The minimum absolute atomic E-state index is 0.278. The van der Waals surface area contributed by atoms with E-state index in [0.717, 1.165) is 25.1 Å². The maximum Gasteiger partial charge on any atom is 0.226 e. The summed E-state index contributed by atoms with van der Waals surface area (Å²) in [7, 11) is 0. The van der Waals surface area contributed by atoms with Crippen LogP contribution in [0.2, 0.25) is 0 Å². The van der Waals surface area contributed by atoms with E-state index in [2.05, 4.69) is 38.1 Å². The molecule has 0 unspecified atom stereocenters. The van der Waals surface area contributed by atoms with Crippen LogP contribution in [0.4, 0.5) is 0 Å². The number of carbonyl (C=O) groups excluding carboxylic acids is 1. The fourth-order valence-electron chi connectivity index (χ4n) is 2.41. The summed E-state index contributed by atoms with van der Waals surface area (Å²) in [6, 6.07) is 8.25. The van der Waals surface area contributed by atoms with E-state index in [1.54, 1.807) is 0 Å². The molecule has 0 radical (unpaired) electrons. The van der Waals surface area contributed by atoms with Gasteiger partial charge in [-0.3, -0.25) is 4.79 Å². The Morgan fingerprint density at radius 1 is 1.35 bits per heavy atom. The lowest BCUT2D eigenvalue weighted by Gasteiger charge is -2.31. The first-order valence-electron chi connectivity index (χ1n) is 6.48. The molecule has 2 nitrogen and oxygen atoms in total. The molecule has 2 rings (SSSR count). The second-order valence-corrected chi connectivity index (χ2v) is 5.25. The van der Waals surface area contributed by atoms with E-state index in [1.165, 1.54) is 12.0 Å². The molecule has 0 aromatic heterocycles. The van der Waals surface area contributed by atoms with Crippen LogP contribution >= 0.6 is 0 Å². The molecular weight excluding hydrogens is 210 g/mol. The Labute approximate surface area is 104 Å². The van der Waals surface area contributed by atoms with Crippen LogP contribution in [0.25, 0.3) is 0 Å². The smallest absolute Gasteiger partial charge is 0.226 e. The molecule has 92 valence electrons. The van der Waals surface area contributed by atoms with Crippen LogP contribution in [0, 0.1) is 12.8 Å². The Morgan fingerprint density at radius 2 is 2.06 bits per heavy atom. The minimum atomic E-state index is 0.278. The molecule has 1 fully saturated rings. The second-order valence-electron chi connectivity index (χ2n) is 5.25. The average molecular weight is 231 g/mol. The molecule has 0 spiro atoms. The SMILES string of the molecule is Cc1ccc(CC(=O)N2CCC[C@H](C)C2)cc1. The van der Waals surface area contributed by atoms with Gasteiger partial charge in [-0.2, -0.15) is 0 Å². The van der Waals surface area contributed by atoms with Crippen LogP contribution in [-0.4, -0.2) is 23.9 Å². The fourth-order valence-corrected chi connectivity index (χ4v) is 2.41. The quantitative estimate of drug-likeness (QED) is 0.766. The van der Waals surface area contributed by atoms with Gasteiger partial charge < -0.3 is 4.90 Å². The number of nitrogens with zero attached hydrogens (tertiary/aromatic N) is 1. The van der Waals surface area contributed by atoms with E-state index in [9.17, 15) is 4.79 Å². The Balaban J connectivity index is 1.94. The van der Waals surface area contributed by atoms with E-state index in [0.29, 0.717) is 12.3 Å². The number of piperidine rings is 1. The molecule has 1 atom stereocenters. The van der Waals surface area contributed by atoms with Crippen molar-refractivity contribution in [1.82, 2.24) is 4.90 Å². The van der Waals surface area contributed by atoms with E-state index in [-0.39, 0.29) is 5.91 Å². The normalized spacial score (nSPS) is 20.4. The van der Waals surface area contributed by atoms with Crippen LogP contribution in [0.5, 0.6) is 0 Å². The average Bonchev–Trinajstić information content (AvgIpc) is 2.32. The van der Waals surface area contributed by atoms with Gasteiger partial charge in [0, 0.05) is 13.1 Å². The summed E-state index contributed by atoms with van der Waals surface area (Å²) in [5, 5.41) is 0. The number of hydrogen-bond donors (Lipinski definition) is 0. The van der Waals surface area contributed by atoms with Gasteiger partial charge in [0.1, 0.15) is 0 Å². The van der Waals surface area contributed by atoms with Crippen molar-refractivity contribution < 1.29 is 4.79 Å². The first-order valence-corrected chi connectivity index (χ1v) is 6.48. The Kier molecular flexibility index (Phi) is 3.82. The van der Waals surface area contributed by atoms with Crippen LogP contribution in [0.3, 0.4) is 0 Å². The van der Waals surface area contributed by atoms with Crippen molar-refractivity contribution in [1.29, 1.82) is 0 Å². The highest BCUT2D eigenvalue weighted by Gasteiger charge is 2.20. The van der Waals surface area contributed by atoms with Crippen molar-refractivity contribution in [3.63, 3.8) is 0 Å². The van der Waals surface area contributed by atoms with Crippen LogP contribution in [-0.2, 0) is 11.2 Å². The molecule has 1 amide bonds. The summed E-state index contributed by atoms with van der Waals surface area (Å²) in [6.07, 6.45) is 2.96. The molecular formula is C15H21NO. The maximum absolute atomic E-state index is 12.1. The predicted octanol–water partition coefficient (Wildman–Crippen LogP) is 2.80. The number of amides is 1. The molecule has 1 heterocycles. The zero-order valence-electron chi connectivity index (χ0n) is 10.8. The summed E-state index contributed by atoms with van der Waals surface area (Å²) in [5.74, 6) is 0.936. The standard InChI is InChI=1S/C15H21NO/c1-12-5-7-14(8-6-12)10-15(17)16-9-3-4-13(2)11-16/h5-8,13H,3-4,9-11H2,1-2H3/t13-/m0/s1. The second kappa shape index (κ2) is 5.35. The molecule has 0 saturated carbocycles. The van der Waals surface area contributed by atoms with Gasteiger partial charge in [0.25, 0.3) is 0 Å². The monoisotopic (exact) mass is 231 g/mol. The van der Waals surface area contributed by atoms with E-state index in [4.69, 9.17) is 0 Å². The first-order chi connectivity index (χ1) is 8.15. The summed E-state index contributed by atoms with van der Waals surface area (Å²) >= 11 is 0. The summed E-state index contributed by atoms with van der Waals surface area (Å²) in [6.45, 7) is 6.17. The van der Waals surface area contributed by atoms with Gasteiger partial charge >= 0.3 is 0 Å². The molecule has 1 aliphatic heterocycles. The number of aryl methyl sites for hydroxylation is 1. The minimum Gasteiger partial charge on any atom is -0.342 e. The third kappa shape index (κ3) is 3.32. The van der Waals surface area contributed by atoms with Crippen LogP contribution < -0.4 is 0 Å². The highest BCUT2D eigenvalue weighted by atomic mass is 16.2. The lowest BCUT2D eigenvalue weighted by Crippen LogP contribution is -2.39. The van der Waals surface area contributed by atoms with Gasteiger partial charge in [-0.05, 0) is 31.2 Å². The van der Waals surface area contributed by atoms with Gasteiger partial charge in [-0.25, -0.2) is 0 Å². The van der Waals surface area contributed by atoms with Crippen LogP contribution in [0.15, 0.2) is 24.3 Å². The Hall–Kier alpha value is -1.31. The number of hydrogen-bond acceptors (Lipinski definition) is 1. The fraction of sp³-hybridized carbons (Fsp3) is 0.533. The summed E-state index contributed by atoms with van der Waals surface area (Å²) in [4.78, 5) is 14.1. The van der Waals surface area contributed by atoms with Crippen molar-refractivity contribution in [2.45, 2.75) is 33.1 Å². The van der Waals surface area contributed by atoms with Crippen molar-refractivity contribution in [3.05, 3.63) is 35.4 Å². The predicted molar refractivity (Wildman–Crippen MR) is 69.9 cm³/mol. The van der Waals surface area contributed by atoms with Crippen LogP contribution in [0.1, 0.15) is 30.9 Å². The van der Waals surface area contributed by atoms with Gasteiger partial charge in [-0.1, -0.05) is 36.8 Å². The highest BCUT2D eigenvalue weighted by Crippen LogP contribution is 2.16. The molecule has 0 bridgehead atoms. The van der Waals surface area contributed by atoms with Gasteiger partial charge in [0.2, 0.25) is 5.91 Å². The summed E-state index contributed by atoms with van der Waals surface area (Å²) in [5.41, 5.74) is 2.37. The molecule has 17 heavy (non-hydrogen) atoms. The molecule has 1 aromatic carbocycles. The lowest BCUT2D eigenvalue weighted by atomic mass is 9.99. The topological polar surface area (TPSA) is 20.3 Å². The van der Waals surface area contributed by atoms with E-state index >= 15 is 0 Å². The molecule has 1 aliphatic rings. The first kappa shape index (κ1) is 12.2. The van der Waals surface area contributed by atoms with Crippen molar-refractivity contribution in [2.75, 3.05) is 13.1 Å². The van der Waals surface area contributed by atoms with Gasteiger partial charge in [0.05, 0.1) is 6.42 Å². The van der Waals surface area contributed by atoms with Gasteiger partial charge in [-0.15, -0.1) is 0 Å². The third-order valence-electron chi connectivity index (χ3n) is 3.49. The number of carbonyl (C=O) groups is 1. The van der Waals surface area contributed by atoms with Crippen molar-refractivity contribution in [3.8, 4) is 0 Å². The van der Waals surface area contributed by atoms with Gasteiger partial charge in [0.15, 0.2) is 0 Å². The molecule has 1 aromatic rings. The highest BCUT2D eigenvalue weighted by molar-refractivity contribution is 5.78. The largest absolute Gasteiger partial charge is 0.342 e. The lowest BCUT2D eigenvalue weighted by molar-refractivity contribution is -0.132. The third-order valence-corrected chi connectivity index (χ3v) is 3.49. The maximum atomic E-state index is 12.1. The Bertz CT molecular complexity index is 382. The van der Waals surface area contributed by atoms with E-state index in [1.807, 2.05) is 4.90 Å². The number of rotatable bonds is 2. The molecule has 0 aliphatic carbocycles.